The van der Waals surface area contributed by atoms with Crippen LogP contribution in [0.1, 0.15) is 36.5 Å². The van der Waals surface area contributed by atoms with Crippen molar-refractivity contribution in [2.45, 2.75) is 31.2 Å². The average Bonchev–Trinajstić information content (AvgIpc) is 2.35. The summed E-state index contributed by atoms with van der Waals surface area (Å²) in [6.07, 6.45) is 1.35. The smallest absolute Gasteiger partial charge is 0.284 e. The highest BCUT2D eigenvalue weighted by Gasteiger charge is 2.48. The Bertz CT molecular complexity index is 407. The van der Waals surface area contributed by atoms with Gasteiger partial charge in [-0.2, -0.15) is 0 Å². The molecule has 0 amide bonds. The summed E-state index contributed by atoms with van der Waals surface area (Å²) >= 11 is 5.89. The molecular formula is C12H14ClNO3. The summed E-state index contributed by atoms with van der Waals surface area (Å²) in [5.41, 5.74) is 0.273. The minimum atomic E-state index is -2.03. The first-order chi connectivity index (χ1) is 8.02. The number of benzene rings is 1. The number of nitro groups is 1. The number of unbranched alkanes of at least 4 members (excludes halogenated alkanes) is 1. The van der Waals surface area contributed by atoms with Gasteiger partial charge in [0.2, 0.25) is 0 Å². The Hall–Kier alpha value is -1.42. The van der Waals surface area contributed by atoms with Crippen molar-refractivity contribution in [3.8, 4) is 0 Å². The molecule has 0 saturated heterocycles. The predicted molar refractivity (Wildman–Crippen MR) is 65.9 cm³/mol. The summed E-state index contributed by atoms with van der Waals surface area (Å²) in [5.74, 6) is -0.641. The van der Waals surface area contributed by atoms with Crippen LogP contribution in [0.2, 0.25) is 0 Å². The van der Waals surface area contributed by atoms with Gasteiger partial charge in [0.1, 0.15) is 0 Å². The van der Waals surface area contributed by atoms with Gasteiger partial charge >= 0.3 is 5.00 Å². The number of carbonyl (C=O) groups is 1. The van der Waals surface area contributed by atoms with Gasteiger partial charge in [0.25, 0.3) is 5.78 Å². The summed E-state index contributed by atoms with van der Waals surface area (Å²) in [5, 5.41) is 11.0. The van der Waals surface area contributed by atoms with Gasteiger partial charge in [-0.15, -0.1) is 0 Å². The lowest BCUT2D eigenvalue weighted by Gasteiger charge is -2.16. The summed E-state index contributed by atoms with van der Waals surface area (Å²) in [4.78, 5) is 20.3. The third-order valence-electron chi connectivity index (χ3n) is 2.53. The standard InChI is InChI=1S/C12H14ClNO3/c1-2-3-9-12(13,14(16)17)11(15)10-7-5-4-6-8-10/h4-8H,2-3,9H2,1H3. The van der Waals surface area contributed by atoms with Gasteiger partial charge in [-0.05, 0) is 18.0 Å². The Balaban J connectivity index is 2.99. The van der Waals surface area contributed by atoms with Crippen molar-refractivity contribution >= 4 is 17.4 Å². The zero-order valence-corrected chi connectivity index (χ0v) is 10.3. The molecule has 0 heterocycles. The quantitative estimate of drug-likeness (QED) is 0.258. The van der Waals surface area contributed by atoms with Crippen molar-refractivity contribution in [1.82, 2.24) is 0 Å². The SMILES string of the molecule is CCCCC(Cl)(C(=O)c1ccccc1)[N+](=O)[O-]. The molecule has 1 aromatic carbocycles. The number of rotatable bonds is 6. The van der Waals surface area contributed by atoms with Crippen LogP contribution in [0.3, 0.4) is 0 Å². The molecule has 5 heteroatoms. The number of hydrogen-bond donors (Lipinski definition) is 0. The normalized spacial score (nSPS) is 14.0. The van der Waals surface area contributed by atoms with Crippen LogP contribution in [0.4, 0.5) is 0 Å². The fraction of sp³-hybridized carbons (Fsp3) is 0.417. The van der Waals surface area contributed by atoms with Crippen molar-refractivity contribution < 1.29 is 9.72 Å². The van der Waals surface area contributed by atoms with Gasteiger partial charge in [-0.1, -0.05) is 43.7 Å². The molecule has 0 aliphatic heterocycles. The Morgan fingerprint density at radius 3 is 2.47 bits per heavy atom. The molecular weight excluding hydrogens is 242 g/mol. The zero-order chi connectivity index (χ0) is 12.9. The van der Waals surface area contributed by atoms with E-state index in [-0.39, 0.29) is 12.0 Å². The summed E-state index contributed by atoms with van der Waals surface area (Å²) < 4.78 is 0. The van der Waals surface area contributed by atoms with E-state index in [2.05, 4.69) is 0 Å². The van der Waals surface area contributed by atoms with E-state index >= 15 is 0 Å². The first-order valence-corrected chi connectivity index (χ1v) is 5.83. The molecule has 4 nitrogen and oxygen atoms in total. The zero-order valence-electron chi connectivity index (χ0n) is 9.56. The lowest BCUT2D eigenvalue weighted by atomic mass is 9.99. The van der Waals surface area contributed by atoms with Gasteiger partial charge in [0, 0.05) is 12.0 Å². The average molecular weight is 256 g/mol. The molecule has 1 atom stereocenters. The topological polar surface area (TPSA) is 60.2 Å². The van der Waals surface area contributed by atoms with Crippen molar-refractivity contribution in [3.63, 3.8) is 0 Å². The van der Waals surface area contributed by atoms with Crippen LogP contribution < -0.4 is 0 Å². The number of hydrogen-bond acceptors (Lipinski definition) is 3. The highest BCUT2D eigenvalue weighted by molar-refractivity contribution is 6.36. The molecule has 17 heavy (non-hydrogen) atoms. The minimum Gasteiger partial charge on any atom is -0.284 e. The third-order valence-corrected chi connectivity index (χ3v) is 3.03. The Labute approximate surface area is 105 Å². The first kappa shape index (κ1) is 13.6. The monoisotopic (exact) mass is 255 g/mol. The molecule has 0 fully saturated rings. The Morgan fingerprint density at radius 1 is 1.41 bits per heavy atom. The molecule has 92 valence electrons. The molecule has 0 radical (unpaired) electrons. The van der Waals surface area contributed by atoms with E-state index in [4.69, 9.17) is 11.6 Å². The summed E-state index contributed by atoms with van der Waals surface area (Å²) in [6, 6.07) is 8.13. The molecule has 0 aliphatic rings. The molecule has 1 rings (SSSR count). The van der Waals surface area contributed by atoms with E-state index in [9.17, 15) is 14.9 Å². The summed E-state index contributed by atoms with van der Waals surface area (Å²) in [7, 11) is 0. The highest BCUT2D eigenvalue weighted by atomic mass is 35.5. The molecule has 0 spiro atoms. The van der Waals surface area contributed by atoms with Crippen LogP contribution in [0.5, 0.6) is 0 Å². The van der Waals surface area contributed by atoms with E-state index in [1.165, 1.54) is 12.1 Å². The maximum absolute atomic E-state index is 12.0. The first-order valence-electron chi connectivity index (χ1n) is 5.45. The van der Waals surface area contributed by atoms with Gasteiger partial charge in [-0.3, -0.25) is 14.9 Å². The Morgan fingerprint density at radius 2 is 2.00 bits per heavy atom. The maximum atomic E-state index is 12.0. The largest absolute Gasteiger partial charge is 0.357 e. The lowest BCUT2D eigenvalue weighted by Crippen LogP contribution is -2.40. The summed E-state index contributed by atoms with van der Waals surface area (Å²) in [6.45, 7) is 1.89. The van der Waals surface area contributed by atoms with E-state index in [1.54, 1.807) is 18.2 Å². The number of alkyl halides is 1. The van der Waals surface area contributed by atoms with E-state index in [0.29, 0.717) is 6.42 Å². The van der Waals surface area contributed by atoms with Crippen molar-refractivity contribution in [1.29, 1.82) is 0 Å². The second kappa shape index (κ2) is 5.77. The van der Waals surface area contributed by atoms with Crippen LogP contribution in [-0.2, 0) is 0 Å². The minimum absolute atomic E-state index is 0.0474. The number of ketones is 1. The van der Waals surface area contributed by atoms with Crippen molar-refractivity contribution in [2.75, 3.05) is 0 Å². The van der Waals surface area contributed by atoms with E-state index < -0.39 is 15.7 Å². The molecule has 0 N–H and O–H groups in total. The second-order valence-corrected chi connectivity index (χ2v) is 4.44. The van der Waals surface area contributed by atoms with Crippen LogP contribution >= 0.6 is 11.6 Å². The van der Waals surface area contributed by atoms with Crippen LogP contribution in [0, 0.1) is 10.1 Å². The molecule has 0 saturated carbocycles. The number of carbonyl (C=O) groups excluding carboxylic acids is 1. The second-order valence-electron chi connectivity index (χ2n) is 3.82. The molecule has 1 aromatic rings. The fourth-order valence-corrected chi connectivity index (χ4v) is 1.75. The molecule has 0 aromatic heterocycles. The van der Waals surface area contributed by atoms with Crippen molar-refractivity contribution in [3.05, 3.63) is 46.0 Å². The van der Waals surface area contributed by atoms with E-state index in [1.807, 2.05) is 6.92 Å². The van der Waals surface area contributed by atoms with Crippen LogP contribution in [0.15, 0.2) is 30.3 Å². The van der Waals surface area contributed by atoms with Gasteiger partial charge < -0.3 is 0 Å². The van der Waals surface area contributed by atoms with Crippen LogP contribution in [-0.4, -0.2) is 15.7 Å². The number of halogens is 1. The predicted octanol–water partition coefficient (Wildman–Crippen LogP) is 3.27. The number of nitrogens with zero attached hydrogens (tertiary/aromatic N) is 1. The van der Waals surface area contributed by atoms with Gasteiger partial charge in [-0.25, -0.2) is 0 Å². The fourth-order valence-electron chi connectivity index (χ4n) is 1.51. The van der Waals surface area contributed by atoms with E-state index in [0.717, 1.165) is 6.42 Å². The Kier molecular flexibility index (Phi) is 4.63. The molecule has 0 aliphatic carbocycles. The van der Waals surface area contributed by atoms with Crippen molar-refractivity contribution in [2.24, 2.45) is 0 Å². The van der Waals surface area contributed by atoms with Gasteiger partial charge in [0.05, 0.1) is 4.92 Å². The molecule has 0 bridgehead atoms. The number of Topliss-reactive ketones (excluding diaryl/α,β-unsaturated/α-hetero) is 1. The van der Waals surface area contributed by atoms with Crippen LogP contribution in [0.25, 0.3) is 0 Å². The third kappa shape index (κ3) is 3.03. The maximum Gasteiger partial charge on any atom is 0.357 e. The molecule has 1 unspecified atom stereocenters. The lowest BCUT2D eigenvalue weighted by molar-refractivity contribution is -0.524. The van der Waals surface area contributed by atoms with Gasteiger partial charge in [0.15, 0.2) is 0 Å². The highest BCUT2D eigenvalue weighted by Crippen LogP contribution is 2.28.